The predicted molar refractivity (Wildman–Crippen MR) is 125 cm³/mol. The maximum absolute atomic E-state index is 13.2. The molecule has 1 amide bonds. The Morgan fingerprint density at radius 1 is 1.10 bits per heavy atom. The highest BCUT2D eigenvalue weighted by molar-refractivity contribution is 6.40. The first-order valence-electron chi connectivity index (χ1n) is 9.65. The number of halogens is 3. The zero-order valence-corrected chi connectivity index (χ0v) is 18.8. The molecule has 8 heteroatoms. The fourth-order valence-corrected chi connectivity index (χ4v) is 4.20. The monoisotopic (exact) mass is 464 g/mol. The highest BCUT2D eigenvalue weighted by Gasteiger charge is 2.27. The SMILES string of the molecule is Cc1ccc(-n2ncc(C(=O)Nc3c(Cl)cccc3Cl)c2C2CCNCC2)cc1.Cl. The van der Waals surface area contributed by atoms with Gasteiger partial charge in [0.15, 0.2) is 0 Å². The number of amides is 1. The number of hydrogen-bond donors (Lipinski definition) is 2. The number of piperidine rings is 1. The van der Waals surface area contributed by atoms with Gasteiger partial charge in [-0.3, -0.25) is 4.79 Å². The van der Waals surface area contributed by atoms with Crippen molar-refractivity contribution in [3.8, 4) is 5.69 Å². The Labute approximate surface area is 192 Å². The Kier molecular flexibility index (Phi) is 7.42. The molecule has 30 heavy (non-hydrogen) atoms. The van der Waals surface area contributed by atoms with Crippen LogP contribution >= 0.6 is 35.6 Å². The van der Waals surface area contributed by atoms with Gasteiger partial charge in [0.2, 0.25) is 0 Å². The normalized spacial score (nSPS) is 14.2. The number of benzene rings is 2. The lowest BCUT2D eigenvalue weighted by Gasteiger charge is -2.25. The van der Waals surface area contributed by atoms with E-state index >= 15 is 0 Å². The van der Waals surface area contributed by atoms with Crippen molar-refractivity contribution >= 4 is 47.2 Å². The van der Waals surface area contributed by atoms with Gasteiger partial charge in [-0.05, 0) is 57.1 Å². The molecule has 0 spiro atoms. The van der Waals surface area contributed by atoms with Crippen molar-refractivity contribution in [3.63, 3.8) is 0 Å². The van der Waals surface area contributed by atoms with E-state index in [1.165, 1.54) is 5.56 Å². The Balaban J connectivity index is 0.00000256. The molecule has 3 aromatic rings. The molecular formula is C22H23Cl3N4O. The molecule has 1 aromatic heterocycles. The van der Waals surface area contributed by atoms with E-state index in [-0.39, 0.29) is 24.2 Å². The molecule has 0 bridgehead atoms. The summed E-state index contributed by atoms with van der Waals surface area (Å²) >= 11 is 12.5. The number of aromatic nitrogens is 2. The third-order valence-corrected chi connectivity index (χ3v) is 5.89. The average molecular weight is 466 g/mol. The molecule has 1 aliphatic rings. The van der Waals surface area contributed by atoms with Crippen molar-refractivity contribution in [3.05, 3.63) is 75.5 Å². The summed E-state index contributed by atoms with van der Waals surface area (Å²) in [5.41, 5.74) is 4.01. The van der Waals surface area contributed by atoms with E-state index in [4.69, 9.17) is 23.2 Å². The fraction of sp³-hybridized carbons (Fsp3) is 0.273. The topological polar surface area (TPSA) is 59.0 Å². The highest BCUT2D eigenvalue weighted by atomic mass is 35.5. The minimum atomic E-state index is -0.258. The van der Waals surface area contributed by atoms with Crippen molar-refractivity contribution in [2.24, 2.45) is 0 Å². The van der Waals surface area contributed by atoms with Gasteiger partial charge in [0.1, 0.15) is 0 Å². The molecule has 1 saturated heterocycles. The highest BCUT2D eigenvalue weighted by Crippen LogP contribution is 2.33. The van der Waals surface area contributed by atoms with Crippen molar-refractivity contribution in [1.82, 2.24) is 15.1 Å². The van der Waals surface area contributed by atoms with Gasteiger partial charge in [0, 0.05) is 5.92 Å². The van der Waals surface area contributed by atoms with Gasteiger partial charge in [-0.15, -0.1) is 12.4 Å². The second-order valence-corrected chi connectivity index (χ2v) is 8.08. The van der Waals surface area contributed by atoms with E-state index in [1.54, 1.807) is 24.4 Å². The van der Waals surface area contributed by atoms with Gasteiger partial charge in [0.25, 0.3) is 5.91 Å². The number of rotatable bonds is 4. The average Bonchev–Trinajstić information content (AvgIpc) is 3.17. The molecule has 158 valence electrons. The molecule has 0 saturated carbocycles. The lowest BCUT2D eigenvalue weighted by atomic mass is 9.91. The van der Waals surface area contributed by atoms with E-state index in [0.717, 1.165) is 37.3 Å². The van der Waals surface area contributed by atoms with Crippen LogP contribution < -0.4 is 10.6 Å². The van der Waals surface area contributed by atoms with Crippen LogP contribution in [0.2, 0.25) is 10.0 Å². The summed E-state index contributed by atoms with van der Waals surface area (Å²) in [7, 11) is 0. The van der Waals surface area contributed by atoms with Crippen molar-refractivity contribution in [2.45, 2.75) is 25.7 Å². The first-order valence-corrected chi connectivity index (χ1v) is 10.4. The molecule has 0 aliphatic carbocycles. The number of nitrogens with one attached hydrogen (secondary N) is 2. The number of nitrogens with zero attached hydrogens (tertiary/aromatic N) is 2. The second-order valence-electron chi connectivity index (χ2n) is 7.27. The van der Waals surface area contributed by atoms with E-state index < -0.39 is 0 Å². The lowest BCUT2D eigenvalue weighted by molar-refractivity contribution is 0.102. The standard InChI is InChI=1S/C22H22Cl2N4O.ClH/c1-14-5-7-16(8-6-14)28-21(15-9-11-25-12-10-15)17(13-26-28)22(29)27-20-18(23)3-2-4-19(20)24;/h2-8,13,15,25H,9-12H2,1H3,(H,27,29);1H. The van der Waals surface area contributed by atoms with Crippen LogP contribution in [0.5, 0.6) is 0 Å². The van der Waals surface area contributed by atoms with Crippen LogP contribution in [0.1, 0.15) is 40.4 Å². The first-order chi connectivity index (χ1) is 14.0. The van der Waals surface area contributed by atoms with E-state index in [2.05, 4.69) is 15.7 Å². The molecule has 4 rings (SSSR count). The summed E-state index contributed by atoms with van der Waals surface area (Å²) in [4.78, 5) is 13.2. The summed E-state index contributed by atoms with van der Waals surface area (Å²) in [5.74, 6) is -0.0191. The Bertz CT molecular complexity index is 1010. The molecule has 2 N–H and O–H groups in total. The van der Waals surface area contributed by atoms with E-state index in [9.17, 15) is 4.79 Å². The zero-order valence-electron chi connectivity index (χ0n) is 16.5. The van der Waals surface area contributed by atoms with Gasteiger partial charge >= 0.3 is 0 Å². The largest absolute Gasteiger partial charge is 0.319 e. The number of carbonyl (C=O) groups is 1. The zero-order chi connectivity index (χ0) is 20.4. The van der Waals surface area contributed by atoms with E-state index in [0.29, 0.717) is 21.3 Å². The van der Waals surface area contributed by atoms with Gasteiger partial charge in [-0.25, -0.2) is 4.68 Å². The van der Waals surface area contributed by atoms with Crippen molar-refractivity contribution < 1.29 is 4.79 Å². The summed E-state index contributed by atoms with van der Waals surface area (Å²) in [5, 5.41) is 11.6. The molecule has 0 radical (unpaired) electrons. The van der Waals surface area contributed by atoms with Gasteiger partial charge in [-0.1, -0.05) is 47.0 Å². The molecular weight excluding hydrogens is 443 g/mol. The minimum absolute atomic E-state index is 0. The fourth-order valence-electron chi connectivity index (χ4n) is 3.71. The van der Waals surface area contributed by atoms with Gasteiger partial charge < -0.3 is 10.6 Å². The van der Waals surface area contributed by atoms with Gasteiger partial charge in [0.05, 0.1) is 38.9 Å². The summed E-state index contributed by atoms with van der Waals surface area (Å²) in [6, 6.07) is 13.3. The molecule has 2 aromatic carbocycles. The number of anilines is 1. The summed E-state index contributed by atoms with van der Waals surface area (Å²) in [6.07, 6.45) is 3.53. The number of aryl methyl sites for hydroxylation is 1. The van der Waals surface area contributed by atoms with Crippen molar-refractivity contribution in [2.75, 3.05) is 18.4 Å². The van der Waals surface area contributed by atoms with Crippen molar-refractivity contribution in [1.29, 1.82) is 0 Å². The lowest BCUT2D eigenvalue weighted by Crippen LogP contribution is -2.29. The molecule has 1 aliphatic heterocycles. The first kappa shape index (κ1) is 22.6. The van der Waals surface area contributed by atoms with Crippen LogP contribution in [0.25, 0.3) is 5.69 Å². The molecule has 2 heterocycles. The van der Waals surface area contributed by atoms with E-state index in [1.807, 2.05) is 35.9 Å². The van der Waals surface area contributed by atoms with Crippen LogP contribution in [0, 0.1) is 6.92 Å². The Morgan fingerprint density at radius 2 is 1.73 bits per heavy atom. The molecule has 0 unspecified atom stereocenters. The third-order valence-electron chi connectivity index (χ3n) is 5.26. The second kappa shape index (κ2) is 9.84. The maximum atomic E-state index is 13.2. The van der Waals surface area contributed by atoms with Gasteiger partial charge in [-0.2, -0.15) is 5.10 Å². The van der Waals surface area contributed by atoms with Crippen LogP contribution in [0.3, 0.4) is 0 Å². The number of para-hydroxylation sites is 1. The maximum Gasteiger partial charge on any atom is 0.259 e. The molecule has 0 atom stereocenters. The summed E-state index contributed by atoms with van der Waals surface area (Å²) < 4.78 is 1.89. The van der Waals surface area contributed by atoms with Crippen LogP contribution in [-0.2, 0) is 0 Å². The minimum Gasteiger partial charge on any atom is -0.319 e. The summed E-state index contributed by atoms with van der Waals surface area (Å²) in [6.45, 7) is 3.88. The van der Waals surface area contributed by atoms with Crippen LogP contribution in [-0.4, -0.2) is 28.8 Å². The third kappa shape index (κ3) is 4.65. The predicted octanol–water partition coefficient (Wildman–Crippen LogP) is 5.63. The molecule has 5 nitrogen and oxygen atoms in total. The van der Waals surface area contributed by atoms with Crippen LogP contribution in [0.4, 0.5) is 5.69 Å². The van der Waals surface area contributed by atoms with Crippen LogP contribution in [0.15, 0.2) is 48.7 Å². The Morgan fingerprint density at radius 3 is 2.37 bits per heavy atom. The Hall–Kier alpha value is -2.05. The number of hydrogen-bond acceptors (Lipinski definition) is 3. The quantitative estimate of drug-likeness (QED) is 0.525. The smallest absolute Gasteiger partial charge is 0.259 e. The molecule has 1 fully saturated rings. The number of carbonyl (C=O) groups excluding carboxylic acids is 1.